The van der Waals surface area contributed by atoms with Crippen LogP contribution in [0.1, 0.15) is 5.69 Å². The van der Waals surface area contributed by atoms with E-state index in [1.165, 1.54) is 27.2 Å². The molecule has 100 valence electrons. The van der Waals surface area contributed by atoms with E-state index in [9.17, 15) is 14.9 Å². The van der Waals surface area contributed by atoms with Crippen molar-refractivity contribution >= 4 is 16.6 Å². The van der Waals surface area contributed by atoms with Crippen LogP contribution in [0.25, 0.3) is 10.9 Å². The van der Waals surface area contributed by atoms with Crippen molar-refractivity contribution in [3.05, 3.63) is 32.4 Å². The van der Waals surface area contributed by atoms with Gasteiger partial charge in [0.2, 0.25) is 5.75 Å². The van der Waals surface area contributed by atoms with Gasteiger partial charge in [-0.2, -0.15) is 4.98 Å². The number of aromatic amines is 1. The first-order chi connectivity index (χ1) is 8.99. The Hall–Kier alpha value is -2.64. The lowest BCUT2D eigenvalue weighted by Gasteiger charge is -2.10. The van der Waals surface area contributed by atoms with Gasteiger partial charge in [0.05, 0.1) is 30.4 Å². The molecule has 0 saturated carbocycles. The number of rotatable bonds is 3. The maximum atomic E-state index is 11.3. The summed E-state index contributed by atoms with van der Waals surface area (Å²) in [7, 11) is 2.67. The van der Waals surface area contributed by atoms with Crippen molar-refractivity contribution in [1.82, 2.24) is 9.97 Å². The van der Waals surface area contributed by atoms with Gasteiger partial charge in [-0.05, 0) is 6.92 Å². The summed E-state index contributed by atoms with van der Waals surface area (Å²) in [4.78, 5) is 28.1. The van der Waals surface area contributed by atoms with Gasteiger partial charge in [-0.3, -0.25) is 10.1 Å². The lowest BCUT2D eigenvalue weighted by molar-refractivity contribution is -0.384. The third-order valence-corrected chi connectivity index (χ3v) is 2.70. The molecular formula is C11H11N3O5. The quantitative estimate of drug-likeness (QED) is 0.659. The van der Waals surface area contributed by atoms with E-state index in [0.717, 1.165) is 0 Å². The SMILES string of the molecule is COc1cc2[nH]c(=O)nc(C)c2c([N+](=O)[O-])c1OC. The highest BCUT2D eigenvalue weighted by atomic mass is 16.6. The highest BCUT2D eigenvalue weighted by molar-refractivity contribution is 5.94. The van der Waals surface area contributed by atoms with Crippen molar-refractivity contribution in [3.8, 4) is 11.5 Å². The molecule has 0 unspecified atom stereocenters. The van der Waals surface area contributed by atoms with E-state index in [4.69, 9.17) is 9.47 Å². The average molecular weight is 265 g/mol. The first-order valence-electron chi connectivity index (χ1n) is 5.29. The maximum Gasteiger partial charge on any atom is 0.345 e. The molecule has 8 nitrogen and oxygen atoms in total. The molecule has 0 radical (unpaired) electrons. The van der Waals surface area contributed by atoms with Crippen LogP contribution in [0.4, 0.5) is 5.69 Å². The van der Waals surface area contributed by atoms with E-state index in [-0.39, 0.29) is 33.8 Å². The first kappa shape index (κ1) is 12.8. The molecule has 1 aromatic heterocycles. The summed E-state index contributed by atoms with van der Waals surface area (Å²) < 4.78 is 10.1. The summed E-state index contributed by atoms with van der Waals surface area (Å²) in [5.74, 6) is 0.167. The Bertz CT molecular complexity index is 722. The summed E-state index contributed by atoms with van der Waals surface area (Å²) in [6, 6.07) is 1.47. The van der Waals surface area contributed by atoms with Gasteiger partial charge in [0.1, 0.15) is 5.39 Å². The minimum absolute atomic E-state index is 0.00283. The molecule has 0 aliphatic carbocycles. The molecule has 0 fully saturated rings. The normalized spacial score (nSPS) is 10.5. The largest absolute Gasteiger partial charge is 0.493 e. The van der Waals surface area contributed by atoms with Crippen molar-refractivity contribution in [3.63, 3.8) is 0 Å². The van der Waals surface area contributed by atoms with Crippen LogP contribution in [0.2, 0.25) is 0 Å². The zero-order valence-electron chi connectivity index (χ0n) is 10.5. The number of fused-ring (bicyclic) bond motifs is 1. The van der Waals surface area contributed by atoms with Gasteiger partial charge in [-0.1, -0.05) is 0 Å². The third-order valence-electron chi connectivity index (χ3n) is 2.70. The predicted octanol–water partition coefficient (Wildman–Crippen LogP) is 1.16. The standard InChI is InChI=1S/C11H11N3O5/c1-5-8-6(13-11(15)12-5)4-7(18-2)10(19-3)9(8)14(16)17/h4H,1-3H3,(H,12,13,15). The zero-order chi connectivity index (χ0) is 14.2. The van der Waals surface area contributed by atoms with Crippen molar-refractivity contribution in [2.45, 2.75) is 6.92 Å². The van der Waals surface area contributed by atoms with Gasteiger partial charge in [0.25, 0.3) is 0 Å². The zero-order valence-corrected chi connectivity index (χ0v) is 10.5. The molecule has 1 N–H and O–H groups in total. The van der Waals surface area contributed by atoms with E-state index in [2.05, 4.69) is 9.97 Å². The molecule has 0 atom stereocenters. The minimum atomic E-state index is -0.587. The minimum Gasteiger partial charge on any atom is -0.493 e. The van der Waals surface area contributed by atoms with Gasteiger partial charge in [0.15, 0.2) is 5.75 Å². The number of nitrogens with zero attached hydrogens (tertiary/aromatic N) is 2. The monoisotopic (exact) mass is 265 g/mol. The number of aromatic nitrogens is 2. The predicted molar refractivity (Wildman–Crippen MR) is 66.9 cm³/mol. The average Bonchev–Trinajstić information content (AvgIpc) is 2.35. The van der Waals surface area contributed by atoms with E-state index < -0.39 is 10.6 Å². The Balaban J connectivity index is 3.05. The molecule has 2 rings (SSSR count). The molecule has 1 heterocycles. The fourth-order valence-corrected chi connectivity index (χ4v) is 1.97. The van der Waals surface area contributed by atoms with Gasteiger partial charge in [-0.25, -0.2) is 4.79 Å². The number of H-pyrrole nitrogens is 1. The number of nitro groups is 1. The van der Waals surface area contributed by atoms with Crippen LogP contribution in [0.15, 0.2) is 10.9 Å². The number of methoxy groups -OCH3 is 2. The number of aryl methyl sites for hydroxylation is 1. The molecule has 0 spiro atoms. The van der Waals surface area contributed by atoms with E-state index >= 15 is 0 Å². The second-order valence-corrected chi connectivity index (χ2v) is 3.77. The van der Waals surface area contributed by atoms with Crippen molar-refractivity contribution in [2.75, 3.05) is 14.2 Å². The van der Waals surface area contributed by atoms with Crippen LogP contribution in [0, 0.1) is 17.0 Å². The third kappa shape index (κ3) is 1.96. The van der Waals surface area contributed by atoms with E-state index in [1.807, 2.05) is 0 Å². The maximum absolute atomic E-state index is 11.3. The molecular weight excluding hydrogens is 254 g/mol. The summed E-state index contributed by atoms with van der Waals surface area (Å²) in [6.07, 6.45) is 0. The van der Waals surface area contributed by atoms with Crippen molar-refractivity contribution in [2.24, 2.45) is 0 Å². The molecule has 2 aromatic rings. The van der Waals surface area contributed by atoms with Crippen LogP contribution < -0.4 is 15.2 Å². The molecule has 8 heteroatoms. The summed E-state index contributed by atoms with van der Waals surface area (Å²) in [6.45, 7) is 1.52. The first-order valence-corrected chi connectivity index (χ1v) is 5.29. The van der Waals surface area contributed by atoms with Crippen LogP contribution in [-0.2, 0) is 0 Å². The van der Waals surface area contributed by atoms with Crippen molar-refractivity contribution < 1.29 is 14.4 Å². The highest BCUT2D eigenvalue weighted by Gasteiger charge is 2.26. The number of hydrogen-bond donors (Lipinski definition) is 1. The second kappa shape index (κ2) is 4.56. The van der Waals surface area contributed by atoms with Gasteiger partial charge in [0, 0.05) is 6.07 Å². The van der Waals surface area contributed by atoms with Crippen LogP contribution in [-0.4, -0.2) is 29.1 Å². The van der Waals surface area contributed by atoms with Gasteiger partial charge >= 0.3 is 11.4 Å². The number of nitrogens with one attached hydrogen (secondary N) is 1. The number of benzene rings is 1. The van der Waals surface area contributed by atoms with Gasteiger partial charge in [-0.15, -0.1) is 0 Å². The molecule has 0 aliphatic rings. The molecule has 0 bridgehead atoms. The number of nitro benzene ring substituents is 1. The molecule has 0 saturated heterocycles. The van der Waals surface area contributed by atoms with E-state index in [1.54, 1.807) is 0 Å². The Kier molecular flexibility index (Phi) is 3.07. The Morgan fingerprint density at radius 3 is 2.58 bits per heavy atom. The molecule has 0 aliphatic heterocycles. The fraction of sp³-hybridized carbons (Fsp3) is 0.273. The smallest absolute Gasteiger partial charge is 0.345 e. The summed E-state index contributed by atoms with van der Waals surface area (Å²) >= 11 is 0. The summed E-state index contributed by atoms with van der Waals surface area (Å²) in [5.41, 5.74) is -0.321. The lowest BCUT2D eigenvalue weighted by atomic mass is 10.1. The highest BCUT2D eigenvalue weighted by Crippen LogP contribution is 2.42. The Labute approximate surface area is 107 Å². The molecule has 1 aromatic carbocycles. The topological polar surface area (TPSA) is 107 Å². The fourth-order valence-electron chi connectivity index (χ4n) is 1.97. The Morgan fingerprint density at radius 1 is 1.37 bits per heavy atom. The number of hydrogen-bond acceptors (Lipinski definition) is 6. The van der Waals surface area contributed by atoms with Crippen LogP contribution in [0.5, 0.6) is 11.5 Å². The van der Waals surface area contributed by atoms with Crippen molar-refractivity contribution in [1.29, 1.82) is 0 Å². The lowest BCUT2D eigenvalue weighted by Crippen LogP contribution is -2.12. The van der Waals surface area contributed by atoms with Crippen LogP contribution >= 0.6 is 0 Å². The van der Waals surface area contributed by atoms with Gasteiger partial charge < -0.3 is 14.5 Å². The van der Waals surface area contributed by atoms with Crippen LogP contribution in [0.3, 0.4) is 0 Å². The molecule has 19 heavy (non-hydrogen) atoms. The second-order valence-electron chi connectivity index (χ2n) is 3.77. The molecule has 0 amide bonds. The summed E-state index contributed by atoms with van der Waals surface area (Å²) in [5, 5.41) is 11.5. The number of ether oxygens (including phenoxy) is 2. The van der Waals surface area contributed by atoms with E-state index in [0.29, 0.717) is 0 Å². The Morgan fingerprint density at radius 2 is 2.05 bits per heavy atom.